The first kappa shape index (κ1) is 36.8. The molecular formula is C64H44. The molecule has 0 fully saturated rings. The van der Waals surface area contributed by atoms with Crippen LogP contribution in [0.1, 0.15) is 47.2 Å². The maximum atomic E-state index is 2.48. The zero-order valence-corrected chi connectivity index (χ0v) is 35.9. The molecule has 300 valence electrons. The van der Waals surface area contributed by atoms with Crippen molar-refractivity contribution >= 4 is 0 Å². The first-order valence-corrected chi connectivity index (χ1v) is 22.6. The Bertz CT molecular complexity index is 3460. The Kier molecular flexibility index (Phi) is 7.97. The Morgan fingerprint density at radius 2 is 0.484 bits per heavy atom. The summed E-state index contributed by atoms with van der Waals surface area (Å²) < 4.78 is 0. The highest BCUT2D eigenvalue weighted by atomic mass is 14.5. The molecule has 0 heteroatoms. The highest BCUT2D eigenvalue weighted by Crippen LogP contribution is 2.63. The van der Waals surface area contributed by atoms with Crippen LogP contribution in [0.25, 0.3) is 89.0 Å². The fraction of sp³-hybridized carbons (Fsp3) is 0.0625. The van der Waals surface area contributed by atoms with E-state index in [0.29, 0.717) is 0 Å². The van der Waals surface area contributed by atoms with Crippen molar-refractivity contribution < 1.29 is 0 Å². The van der Waals surface area contributed by atoms with Crippen LogP contribution in [0.4, 0.5) is 0 Å². The Hall–Kier alpha value is -7.80. The Morgan fingerprint density at radius 1 is 0.203 bits per heavy atom. The predicted molar refractivity (Wildman–Crippen MR) is 267 cm³/mol. The van der Waals surface area contributed by atoms with Gasteiger partial charge in [-0.15, -0.1) is 0 Å². The lowest BCUT2D eigenvalue weighted by atomic mass is 9.70. The molecule has 13 rings (SSSR count). The van der Waals surface area contributed by atoms with Gasteiger partial charge in [0.2, 0.25) is 0 Å². The van der Waals surface area contributed by atoms with Crippen molar-refractivity contribution in [3.63, 3.8) is 0 Å². The fourth-order valence-electron chi connectivity index (χ4n) is 11.6. The van der Waals surface area contributed by atoms with Gasteiger partial charge in [0.25, 0.3) is 0 Å². The van der Waals surface area contributed by atoms with Crippen LogP contribution < -0.4 is 0 Å². The van der Waals surface area contributed by atoms with Crippen LogP contribution in [0, 0.1) is 0 Å². The van der Waals surface area contributed by atoms with Crippen LogP contribution in [0.2, 0.25) is 0 Å². The Balaban J connectivity index is 0.807. The molecule has 0 bridgehead atoms. The number of hydrogen-bond acceptors (Lipinski definition) is 0. The molecule has 0 nitrogen and oxygen atoms in total. The molecule has 0 unspecified atom stereocenters. The van der Waals surface area contributed by atoms with Crippen LogP contribution in [-0.4, -0.2) is 0 Å². The van der Waals surface area contributed by atoms with E-state index in [4.69, 9.17) is 0 Å². The number of rotatable bonds is 5. The van der Waals surface area contributed by atoms with Crippen molar-refractivity contribution in [2.45, 2.75) is 24.7 Å². The number of fused-ring (bicyclic) bond motifs is 13. The van der Waals surface area contributed by atoms with Gasteiger partial charge >= 0.3 is 0 Å². The monoisotopic (exact) mass is 812 g/mol. The topological polar surface area (TPSA) is 0 Å². The number of benzene rings is 10. The van der Waals surface area contributed by atoms with Crippen LogP contribution in [0.15, 0.2) is 231 Å². The van der Waals surface area contributed by atoms with Gasteiger partial charge in [-0.2, -0.15) is 0 Å². The summed E-state index contributed by atoms with van der Waals surface area (Å²) in [6, 6.07) is 86.3. The third-order valence-electron chi connectivity index (χ3n) is 14.7. The molecule has 3 aliphatic carbocycles. The maximum absolute atomic E-state index is 2.48. The summed E-state index contributed by atoms with van der Waals surface area (Å²) in [4.78, 5) is 0. The molecule has 0 aliphatic heterocycles. The van der Waals surface area contributed by atoms with Gasteiger partial charge in [0.05, 0.1) is 5.41 Å². The smallest absolute Gasteiger partial charge is 0.0619 e. The molecule has 0 amide bonds. The molecule has 0 atom stereocenters. The van der Waals surface area contributed by atoms with Crippen LogP contribution >= 0.6 is 0 Å². The molecule has 0 saturated carbocycles. The molecule has 10 aromatic rings. The summed E-state index contributed by atoms with van der Waals surface area (Å²) in [6.45, 7) is 4.70. The molecular weight excluding hydrogens is 769 g/mol. The van der Waals surface area contributed by atoms with Gasteiger partial charge in [0.15, 0.2) is 0 Å². The van der Waals surface area contributed by atoms with E-state index in [2.05, 4.69) is 244 Å². The first-order chi connectivity index (χ1) is 31.5. The second kappa shape index (κ2) is 13.9. The minimum Gasteiger partial charge on any atom is -0.0619 e. The molecule has 10 aromatic carbocycles. The lowest BCUT2D eigenvalue weighted by molar-refractivity contribution is 0.660. The van der Waals surface area contributed by atoms with E-state index >= 15 is 0 Å². The van der Waals surface area contributed by atoms with Crippen LogP contribution in [-0.2, 0) is 10.8 Å². The lowest BCUT2D eigenvalue weighted by Crippen LogP contribution is -2.25. The largest absolute Gasteiger partial charge is 0.0725 e. The normalized spacial score (nSPS) is 14.0. The zero-order valence-electron chi connectivity index (χ0n) is 35.9. The third kappa shape index (κ3) is 5.30. The van der Waals surface area contributed by atoms with Crippen molar-refractivity contribution in [1.82, 2.24) is 0 Å². The average Bonchev–Trinajstić information content (AvgIpc) is 3.92. The van der Waals surface area contributed by atoms with Crippen molar-refractivity contribution in [3.8, 4) is 89.0 Å². The lowest BCUT2D eigenvalue weighted by Gasteiger charge is -2.30. The second-order valence-corrected chi connectivity index (χ2v) is 18.4. The highest BCUT2D eigenvalue weighted by molar-refractivity contribution is 5.96. The van der Waals surface area contributed by atoms with E-state index in [1.807, 2.05) is 0 Å². The van der Waals surface area contributed by atoms with Gasteiger partial charge in [-0.3, -0.25) is 0 Å². The van der Waals surface area contributed by atoms with Crippen LogP contribution in [0.3, 0.4) is 0 Å². The minimum absolute atomic E-state index is 0.0251. The number of hydrogen-bond donors (Lipinski definition) is 0. The van der Waals surface area contributed by atoms with Crippen molar-refractivity contribution in [1.29, 1.82) is 0 Å². The van der Waals surface area contributed by atoms with E-state index in [-0.39, 0.29) is 10.8 Å². The minimum atomic E-state index is -0.351. The Morgan fingerprint density at radius 3 is 0.906 bits per heavy atom. The van der Waals surface area contributed by atoms with E-state index in [1.54, 1.807) is 0 Å². The van der Waals surface area contributed by atoms with Gasteiger partial charge in [0, 0.05) is 5.41 Å². The molecule has 64 heavy (non-hydrogen) atoms. The summed E-state index contributed by atoms with van der Waals surface area (Å²) in [5, 5.41) is 0. The van der Waals surface area contributed by atoms with Gasteiger partial charge in [-0.05, 0) is 153 Å². The van der Waals surface area contributed by atoms with Gasteiger partial charge in [-0.25, -0.2) is 0 Å². The quantitative estimate of drug-likeness (QED) is 0.162. The Labute approximate surface area is 375 Å². The molecule has 0 N–H and O–H groups in total. The van der Waals surface area contributed by atoms with Gasteiger partial charge in [-0.1, -0.05) is 214 Å². The summed E-state index contributed by atoms with van der Waals surface area (Å²) in [7, 11) is 0. The first-order valence-electron chi connectivity index (χ1n) is 22.6. The molecule has 0 radical (unpaired) electrons. The van der Waals surface area contributed by atoms with Crippen molar-refractivity contribution in [2.75, 3.05) is 0 Å². The summed E-state index contributed by atoms with van der Waals surface area (Å²) in [5.74, 6) is 0. The molecule has 1 spiro atoms. The summed E-state index contributed by atoms with van der Waals surface area (Å²) in [5.41, 5.74) is 28.2. The predicted octanol–water partition coefficient (Wildman–Crippen LogP) is 16.7. The maximum Gasteiger partial charge on any atom is 0.0725 e. The van der Waals surface area contributed by atoms with Crippen molar-refractivity contribution in [3.05, 3.63) is 264 Å². The SMILES string of the molecule is CC1(C)c2ccccc2-c2ccc(-c3cccc(-c4cccc(-c5ccc(-c6cccc(-c7ccc8c(c7)C7(c9ccccc9-c9ccccc97)c7ccccc7-8)c6)cc5)c4)c3)cc21. The standard InChI is InChI=1S/C64H44/c1-63(2)57-24-7-3-20-51(57)55-34-32-49(39-61(55)63)48-19-13-17-46(38-48)45-16-11-14-43(36-45)41-28-30-42(31-29-41)44-15-12-18-47(37-44)50-33-35-56-54-23-6-10-27-60(54)64(62(56)40-50)58-25-8-4-21-52(58)53-22-5-9-26-59(53)64/h3-40H,1-2H3. The molecule has 0 aromatic heterocycles. The van der Waals surface area contributed by atoms with Crippen LogP contribution in [0.5, 0.6) is 0 Å². The van der Waals surface area contributed by atoms with Gasteiger partial charge in [0.1, 0.15) is 0 Å². The van der Waals surface area contributed by atoms with Gasteiger partial charge < -0.3 is 0 Å². The van der Waals surface area contributed by atoms with Crippen molar-refractivity contribution in [2.24, 2.45) is 0 Å². The van der Waals surface area contributed by atoms with E-state index in [9.17, 15) is 0 Å². The highest BCUT2D eigenvalue weighted by Gasteiger charge is 2.51. The summed E-state index contributed by atoms with van der Waals surface area (Å²) in [6.07, 6.45) is 0. The third-order valence-corrected chi connectivity index (χ3v) is 14.7. The molecule has 3 aliphatic rings. The second-order valence-electron chi connectivity index (χ2n) is 18.4. The molecule has 0 heterocycles. The van der Waals surface area contributed by atoms with E-state index in [1.165, 1.54) is 122 Å². The summed E-state index contributed by atoms with van der Waals surface area (Å²) >= 11 is 0. The fourth-order valence-corrected chi connectivity index (χ4v) is 11.6. The zero-order chi connectivity index (χ0) is 42.6. The van der Waals surface area contributed by atoms with E-state index in [0.717, 1.165) is 0 Å². The molecule has 0 saturated heterocycles. The van der Waals surface area contributed by atoms with E-state index < -0.39 is 0 Å². The average molecular weight is 813 g/mol.